The van der Waals surface area contributed by atoms with Crippen LogP contribution in [0.4, 0.5) is 10.5 Å². The molecule has 6 nitrogen and oxygen atoms in total. The third-order valence-corrected chi connectivity index (χ3v) is 4.86. The van der Waals surface area contributed by atoms with Gasteiger partial charge in [-0.25, -0.2) is 0 Å². The zero-order valence-electron chi connectivity index (χ0n) is 13.6. The largest absolute Gasteiger partial charge is 0.484 e. The molecule has 0 spiro atoms. The number of para-hydroxylation sites is 1. The Morgan fingerprint density at radius 3 is 2.37 bits per heavy atom. The molecule has 1 heterocycles. The van der Waals surface area contributed by atoms with Gasteiger partial charge in [0.15, 0.2) is 6.61 Å². The Morgan fingerprint density at radius 2 is 1.78 bits per heavy atom. The summed E-state index contributed by atoms with van der Waals surface area (Å²) in [6, 6.07) is 11.6. The molecular weight excluding hydrogens is 411 g/mol. The molecule has 0 aromatic heterocycles. The summed E-state index contributed by atoms with van der Waals surface area (Å²) in [6.45, 7) is -0.227. The van der Waals surface area contributed by atoms with Gasteiger partial charge in [0, 0.05) is 0 Å². The van der Waals surface area contributed by atoms with Gasteiger partial charge in [0.05, 0.1) is 20.6 Å². The Morgan fingerprint density at radius 1 is 1.11 bits per heavy atom. The maximum atomic E-state index is 12.0. The van der Waals surface area contributed by atoms with Gasteiger partial charge in [-0.1, -0.05) is 41.4 Å². The highest BCUT2D eigenvalue weighted by molar-refractivity contribution is 8.18. The third-order valence-electron chi connectivity index (χ3n) is 3.42. The number of thioether (sulfide) groups is 1. The van der Waals surface area contributed by atoms with Gasteiger partial charge in [-0.2, -0.15) is 0 Å². The first kappa shape index (κ1) is 19.3. The van der Waals surface area contributed by atoms with Gasteiger partial charge in [-0.15, -0.1) is 0 Å². The van der Waals surface area contributed by atoms with Crippen molar-refractivity contribution >= 4 is 63.8 Å². The molecule has 0 aliphatic carbocycles. The van der Waals surface area contributed by atoms with E-state index in [0.717, 1.165) is 17.3 Å². The molecule has 0 atom stereocenters. The highest BCUT2D eigenvalue weighted by atomic mass is 35.5. The van der Waals surface area contributed by atoms with Crippen LogP contribution in [0.3, 0.4) is 0 Å². The van der Waals surface area contributed by atoms with Crippen LogP contribution in [-0.2, 0) is 9.59 Å². The van der Waals surface area contributed by atoms with Crippen molar-refractivity contribution in [2.24, 2.45) is 0 Å². The Kier molecular flexibility index (Phi) is 6.05. The van der Waals surface area contributed by atoms with Crippen LogP contribution in [0, 0.1) is 0 Å². The maximum absolute atomic E-state index is 12.0. The summed E-state index contributed by atoms with van der Waals surface area (Å²) in [4.78, 5) is 35.0. The van der Waals surface area contributed by atoms with Gasteiger partial charge in [0.1, 0.15) is 5.75 Å². The molecule has 0 bridgehead atoms. The number of carbonyl (C=O) groups is 3. The number of anilines is 1. The second-order valence-corrected chi connectivity index (χ2v) is 7.18. The monoisotopic (exact) mass is 422 g/mol. The molecule has 1 saturated heterocycles. The topological polar surface area (TPSA) is 84.5 Å². The molecule has 1 aliphatic rings. The lowest BCUT2D eigenvalue weighted by molar-refractivity contribution is -0.118. The minimum absolute atomic E-state index is 0.227. The van der Waals surface area contributed by atoms with Gasteiger partial charge in [-0.3, -0.25) is 19.7 Å². The Hall–Kier alpha value is -2.48. The first-order chi connectivity index (χ1) is 12.9. The third kappa shape index (κ3) is 5.03. The van der Waals surface area contributed by atoms with E-state index < -0.39 is 17.1 Å². The van der Waals surface area contributed by atoms with Gasteiger partial charge in [-0.05, 0) is 47.7 Å². The molecule has 0 unspecified atom stereocenters. The number of rotatable bonds is 5. The van der Waals surface area contributed by atoms with Crippen molar-refractivity contribution < 1.29 is 19.1 Å². The number of benzene rings is 2. The normalized spacial score (nSPS) is 15.0. The Balaban J connectivity index is 1.57. The SMILES string of the molecule is O=C(COc1ccc(C=C2SC(=O)NC2=O)cc1)Nc1c(Cl)cccc1Cl. The highest BCUT2D eigenvalue weighted by Crippen LogP contribution is 2.30. The fourth-order valence-electron chi connectivity index (χ4n) is 2.17. The number of nitrogens with one attached hydrogen (secondary N) is 2. The second kappa shape index (κ2) is 8.47. The standard InChI is InChI=1S/C18H12Cl2N2O4S/c19-12-2-1-3-13(20)16(12)21-15(23)9-26-11-6-4-10(5-7-11)8-14-17(24)22-18(25)27-14/h1-8H,9H2,(H,21,23)(H,22,24,25). The number of hydrogen-bond acceptors (Lipinski definition) is 5. The fraction of sp³-hybridized carbons (Fsp3) is 0.0556. The lowest BCUT2D eigenvalue weighted by atomic mass is 10.2. The number of imide groups is 1. The van der Waals surface area contributed by atoms with E-state index in [1.54, 1.807) is 48.5 Å². The molecule has 2 aromatic rings. The first-order valence-electron chi connectivity index (χ1n) is 7.64. The quantitative estimate of drug-likeness (QED) is 0.700. The number of hydrogen-bond donors (Lipinski definition) is 2. The molecule has 1 aliphatic heterocycles. The van der Waals surface area contributed by atoms with Gasteiger partial charge in [0.2, 0.25) is 0 Å². The van der Waals surface area contributed by atoms with Crippen LogP contribution in [0.25, 0.3) is 6.08 Å². The summed E-state index contributed by atoms with van der Waals surface area (Å²) in [6.07, 6.45) is 1.60. The molecular formula is C18H12Cl2N2O4S. The van der Waals surface area contributed by atoms with E-state index in [2.05, 4.69) is 10.6 Å². The van der Waals surface area contributed by atoms with Crippen molar-refractivity contribution in [1.82, 2.24) is 5.32 Å². The van der Waals surface area contributed by atoms with Gasteiger partial charge >= 0.3 is 0 Å². The van der Waals surface area contributed by atoms with E-state index in [0.29, 0.717) is 26.4 Å². The number of halogens is 2. The molecule has 27 heavy (non-hydrogen) atoms. The van der Waals surface area contributed by atoms with Crippen LogP contribution >= 0.6 is 35.0 Å². The smallest absolute Gasteiger partial charge is 0.290 e. The van der Waals surface area contributed by atoms with Crippen molar-refractivity contribution in [3.05, 3.63) is 63.0 Å². The molecule has 138 valence electrons. The number of amides is 3. The number of ether oxygens (including phenoxy) is 1. The summed E-state index contributed by atoms with van der Waals surface area (Å²) in [5, 5.41) is 5.06. The van der Waals surface area contributed by atoms with Crippen molar-refractivity contribution in [2.75, 3.05) is 11.9 Å². The van der Waals surface area contributed by atoms with Crippen molar-refractivity contribution in [3.63, 3.8) is 0 Å². The fourth-order valence-corrected chi connectivity index (χ4v) is 3.35. The van der Waals surface area contributed by atoms with Gasteiger partial charge in [0.25, 0.3) is 17.1 Å². The van der Waals surface area contributed by atoms with E-state index in [4.69, 9.17) is 27.9 Å². The van der Waals surface area contributed by atoms with E-state index >= 15 is 0 Å². The lowest BCUT2D eigenvalue weighted by Crippen LogP contribution is -2.20. The van der Waals surface area contributed by atoms with Crippen molar-refractivity contribution in [1.29, 1.82) is 0 Å². The summed E-state index contributed by atoms with van der Waals surface area (Å²) >= 11 is 12.8. The summed E-state index contributed by atoms with van der Waals surface area (Å²) in [5.41, 5.74) is 1.06. The van der Waals surface area contributed by atoms with Crippen LogP contribution in [-0.4, -0.2) is 23.7 Å². The molecule has 2 aromatic carbocycles. The van der Waals surface area contributed by atoms with Crippen LogP contribution < -0.4 is 15.4 Å². The summed E-state index contributed by atoms with van der Waals surface area (Å²) < 4.78 is 5.43. The van der Waals surface area contributed by atoms with Gasteiger partial charge < -0.3 is 10.1 Å². The zero-order valence-corrected chi connectivity index (χ0v) is 16.0. The second-order valence-electron chi connectivity index (χ2n) is 5.35. The van der Waals surface area contributed by atoms with Crippen LogP contribution in [0.2, 0.25) is 10.0 Å². The molecule has 0 radical (unpaired) electrons. The first-order valence-corrected chi connectivity index (χ1v) is 9.21. The van der Waals surface area contributed by atoms with Crippen LogP contribution in [0.5, 0.6) is 5.75 Å². The van der Waals surface area contributed by atoms with E-state index in [1.165, 1.54) is 0 Å². The molecule has 1 fully saturated rings. The van der Waals surface area contributed by atoms with Crippen molar-refractivity contribution in [2.45, 2.75) is 0 Å². The molecule has 9 heteroatoms. The minimum Gasteiger partial charge on any atom is -0.484 e. The van der Waals surface area contributed by atoms with Crippen LogP contribution in [0.1, 0.15) is 5.56 Å². The molecule has 2 N–H and O–H groups in total. The highest BCUT2D eigenvalue weighted by Gasteiger charge is 2.24. The average molecular weight is 423 g/mol. The summed E-state index contributed by atoms with van der Waals surface area (Å²) in [7, 11) is 0. The minimum atomic E-state index is -0.416. The van der Waals surface area contributed by atoms with Crippen LogP contribution in [0.15, 0.2) is 47.4 Å². The van der Waals surface area contributed by atoms with Crippen molar-refractivity contribution in [3.8, 4) is 5.75 Å². The Bertz CT molecular complexity index is 925. The predicted molar refractivity (Wildman–Crippen MR) is 106 cm³/mol. The van der Waals surface area contributed by atoms with E-state index in [-0.39, 0.29) is 6.61 Å². The molecule has 0 saturated carbocycles. The average Bonchev–Trinajstić information content (AvgIpc) is 2.95. The zero-order chi connectivity index (χ0) is 19.4. The molecule has 3 amide bonds. The maximum Gasteiger partial charge on any atom is 0.290 e. The predicted octanol–water partition coefficient (Wildman–Crippen LogP) is 4.33. The Labute approximate surface area is 168 Å². The van der Waals surface area contributed by atoms with E-state index in [9.17, 15) is 14.4 Å². The number of carbonyl (C=O) groups excluding carboxylic acids is 3. The lowest BCUT2D eigenvalue weighted by Gasteiger charge is -2.10. The molecule has 3 rings (SSSR count). The summed E-state index contributed by atoms with van der Waals surface area (Å²) in [5.74, 6) is -0.355. The van der Waals surface area contributed by atoms with E-state index in [1.807, 2.05) is 0 Å².